The van der Waals surface area contributed by atoms with Gasteiger partial charge in [0.1, 0.15) is 5.75 Å². The van der Waals surface area contributed by atoms with Crippen molar-refractivity contribution in [2.45, 2.75) is 32.4 Å². The van der Waals surface area contributed by atoms with Gasteiger partial charge in [-0.05, 0) is 68.4 Å². The fraction of sp³-hybridized carbons (Fsp3) is 0.333. The minimum Gasteiger partial charge on any atom is -0.497 e. The number of ether oxygens (including phenoxy) is 2. The first-order valence-corrected chi connectivity index (χ1v) is 10.9. The molecule has 4 rings (SSSR count). The quantitative estimate of drug-likeness (QED) is 0.563. The van der Waals surface area contributed by atoms with Gasteiger partial charge in [-0.3, -0.25) is 4.79 Å². The summed E-state index contributed by atoms with van der Waals surface area (Å²) in [7, 11) is 1.63. The topological polar surface area (TPSA) is 66.6 Å². The second kappa shape index (κ2) is 9.49. The van der Waals surface area contributed by atoms with E-state index in [4.69, 9.17) is 21.7 Å². The fourth-order valence-corrected chi connectivity index (χ4v) is 4.03. The van der Waals surface area contributed by atoms with Crippen molar-refractivity contribution >= 4 is 33.9 Å². The van der Waals surface area contributed by atoms with Gasteiger partial charge in [0.2, 0.25) is 0 Å². The summed E-state index contributed by atoms with van der Waals surface area (Å²) in [6.45, 7) is 3.84. The molecular weight excluding hydrogens is 410 g/mol. The fourth-order valence-electron chi connectivity index (χ4n) is 3.77. The highest BCUT2D eigenvalue weighted by atomic mass is 32.1. The van der Waals surface area contributed by atoms with Crippen molar-refractivity contribution in [3.05, 3.63) is 70.0 Å². The third kappa shape index (κ3) is 5.24. The molecule has 6 nitrogen and oxygen atoms in total. The average Bonchev–Trinajstić information content (AvgIpc) is 3.28. The average molecular weight is 438 g/mol. The van der Waals surface area contributed by atoms with Crippen molar-refractivity contribution < 1.29 is 9.47 Å². The van der Waals surface area contributed by atoms with Crippen LogP contribution in [0.3, 0.4) is 0 Å². The molecule has 2 N–H and O–H groups in total. The Kier molecular flexibility index (Phi) is 6.53. The minimum absolute atomic E-state index is 0.109. The molecule has 31 heavy (non-hydrogen) atoms. The number of nitrogens with zero attached hydrogens (tertiary/aromatic N) is 1. The summed E-state index contributed by atoms with van der Waals surface area (Å²) < 4.78 is 11.2. The SMILES string of the molecule is COc1ccc2[nH]c(=O)c(CN(C[C@H]3CCCO3)C(=S)Nc3ccc(C)cc3)cc2c1. The van der Waals surface area contributed by atoms with E-state index in [1.165, 1.54) is 5.56 Å². The number of aromatic nitrogens is 1. The van der Waals surface area contributed by atoms with Gasteiger partial charge in [-0.25, -0.2) is 0 Å². The number of methoxy groups -OCH3 is 1. The lowest BCUT2D eigenvalue weighted by Gasteiger charge is -2.28. The molecule has 2 aromatic carbocycles. The van der Waals surface area contributed by atoms with E-state index in [0.717, 1.165) is 41.8 Å². The van der Waals surface area contributed by atoms with Crippen molar-refractivity contribution in [3.8, 4) is 5.75 Å². The number of aromatic amines is 1. The lowest BCUT2D eigenvalue weighted by atomic mass is 10.1. The number of aryl methyl sites for hydroxylation is 1. The number of pyridine rings is 1. The number of benzene rings is 2. The molecule has 0 bridgehead atoms. The van der Waals surface area contributed by atoms with E-state index in [1.807, 2.05) is 60.4 Å². The van der Waals surface area contributed by atoms with E-state index >= 15 is 0 Å². The summed E-state index contributed by atoms with van der Waals surface area (Å²) in [5.74, 6) is 0.748. The van der Waals surface area contributed by atoms with Crippen molar-refractivity contribution in [1.29, 1.82) is 0 Å². The zero-order chi connectivity index (χ0) is 21.8. The molecule has 0 spiro atoms. The molecule has 0 aliphatic carbocycles. The Bertz CT molecular complexity index is 1120. The van der Waals surface area contributed by atoms with E-state index in [9.17, 15) is 4.79 Å². The first-order chi connectivity index (χ1) is 15.0. The van der Waals surface area contributed by atoms with Gasteiger partial charge in [-0.15, -0.1) is 0 Å². The standard InChI is InChI=1S/C24H27N3O3S/c1-16-5-7-19(8-6-16)25-24(31)27(15-21-4-3-11-30-21)14-18-12-17-13-20(29-2)9-10-22(17)26-23(18)28/h5-10,12-13,21H,3-4,11,14-15H2,1-2H3,(H,25,31)(H,26,28)/t21-/m1/s1. The number of hydrogen-bond donors (Lipinski definition) is 2. The maximum absolute atomic E-state index is 12.8. The van der Waals surface area contributed by atoms with Crippen LogP contribution in [-0.2, 0) is 11.3 Å². The Morgan fingerprint density at radius 1 is 1.26 bits per heavy atom. The third-order valence-electron chi connectivity index (χ3n) is 5.53. The molecule has 0 radical (unpaired) electrons. The highest BCUT2D eigenvalue weighted by molar-refractivity contribution is 7.80. The highest BCUT2D eigenvalue weighted by Gasteiger charge is 2.22. The maximum atomic E-state index is 12.8. The van der Waals surface area contributed by atoms with E-state index in [-0.39, 0.29) is 11.7 Å². The van der Waals surface area contributed by atoms with E-state index in [0.29, 0.717) is 23.8 Å². The summed E-state index contributed by atoms with van der Waals surface area (Å²) in [5.41, 5.74) is 3.41. The van der Waals surface area contributed by atoms with Gasteiger partial charge in [0, 0.05) is 35.3 Å². The number of thiocarbonyl (C=S) groups is 1. The van der Waals surface area contributed by atoms with Crippen molar-refractivity contribution in [3.63, 3.8) is 0 Å². The number of rotatable bonds is 6. The normalized spacial score (nSPS) is 15.7. The van der Waals surface area contributed by atoms with Crippen LogP contribution in [0, 0.1) is 6.92 Å². The number of hydrogen-bond acceptors (Lipinski definition) is 4. The molecule has 0 amide bonds. The smallest absolute Gasteiger partial charge is 0.253 e. The Balaban J connectivity index is 1.60. The molecule has 2 heterocycles. The zero-order valence-electron chi connectivity index (χ0n) is 17.8. The molecule has 1 fully saturated rings. The van der Waals surface area contributed by atoms with Crippen LogP contribution in [0.2, 0.25) is 0 Å². The molecule has 3 aromatic rings. The zero-order valence-corrected chi connectivity index (χ0v) is 18.6. The van der Waals surface area contributed by atoms with Gasteiger partial charge in [0.25, 0.3) is 5.56 Å². The van der Waals surface area contributed by atoms with Crippen LogP contribution in [0.1, 0.15) is 24.0 Å². The van der Waals surface area contributed by atoms with Gasteiger partial charge < -0.3 is 24.7 Å². The Hall–Kier alpha value is -2.90. The summed E-state index contributed by atoms with van der Waals surface area (Å²) in [6.07, 6.45) is 2.15. The Morgan fingerprint density at radius 2 is 2.06 bits per heavy atom. The monoisotopic (exact) mass is 437 g/mol. The summed E-state index contributed by atoms with van der Waals surface area (Å²) in [4.78, 5) is 17.8. The van der Waals surface area contributed by atoms with Crippen LogP contribution in [-0.4, -0.2) is 41.4 Å². The van der Waals surface area contributed by atoms with E-state index in [1.54, 1.807) is 7.11 Å². The van der Waals surface area contributed by atoms with Crippen molar-refractivity contribution in [1.82, 2.24) is 9.88 Å². The molecule has 1 atom stereocenters. The molecule has 1 aromatic heterocycles. The van der Waals surface area contributed by atoms with Crippen molar-refractivity contribution in [2.75, 3.05) is 25.6 Å². The predicted molar refractivity (Wildman–Crippen MR) is 128 cm³/mol. The second-order valence-electron chi connectivity index (χ2n) is 7.89. The molecule has 7 heteroatoms. The van der Waals surface area contributed by atoms with Gasteiger partial charge in [-0.2, -0.15) is 0 Å². The second-order valence-corrected chi connectivity index (χ2v) is 8.28. The summed E-state index contributed by atoms with van der Waals surface area (Å²) in [5, 5.41) is 4.80. The van der Waals surface area contributed by atoms with Gasteiger partial charge in [-0.1, -0.05) is 17.7 Å². The summed E-state index contributed by atoms with van der Waals surface area (Å²) >= 11 is 5.73. The predicted octanol–water partition coefficient (Wildman–Crippen LogP) is 4.22. The number of fused-ring (bicyclic) bond motifs is 1. The molecule has 0 saturated carbocycles. The molecule has 1 saturated heterocycles. The van der Waals surface area contributed by atoms with Crippen molar-refractivity contribution in [2.24, 2.45) is 0 Å². The maximum Gasteiger partial charge on any atom is 0.253 e. The lowest BCUT2D eigenvalue weighted by Crippen LogP contribution is -2.40. The highest BCUT2D eigenvalue weighted by Crippen LogP contribution is 2.21. The van der Waals surface area contributed by atoms with Crippen LogP contribution in [0.25, 0.3) is 10.9 Å². The van der Waals surface area contributed by atoms with E-state index in [2.05, 4.69) is 10.3 Å². The first-order valence-electron chi connectivity index (χ1n) is 10.5. The molecular formula is C24H27N3O3S. The van der Waals surface area contributed by atoms with Gasteiger partial charge in [0.15, 0.2) is 5.11 Å². The largest absolute Gasteiger partial charge is 0.497 e. The van der Waals surface area contributed by atoms with Gasteiger partial charge >= 0.3 is 0 Å². The first kappa shape index (κ1) is 21.3. The molecule has 1 aliphatic rings. The van der Waals surface area contributed by atoms with Gasteiger partial charge in [0.05, 0.1) is 19.8 Å². The molecule has 0 unspecified atom stereocenters. The Labute approximate surface area is 187 Å². The lowest BCUT2D eigenvalue weighted by molar-refractivity contribution is 0.0904. The van der Waals surface area contributed by atoms with Crippen LogP contribution in [0.5, 0.6) is 5.75 Å². The molecule has 162 valence electrons. The van der Waals surface area contributed by atoms with Crippen LogP contribution in [0.15, 0.2) is 53.3 Å². The van der Waals surface area contributed by atoms with Crippen LogP contribution in [0.4, 0.5) is 5.69 Å². The van der Waals surface area contributed by atoms with E-state index < -0.39 is 0 Å². The number of anilines is 1. The van der Waals surface area contributed by atoms with Crippen LogP contribution < -0.4 is 15.6 Å². The minimum atomic E-state index is -0.117. The number of H-pyrrole nitrogens is 1. The number of nitrogens with one attached hydrogen (secondary N) is 2. The molecule has 1 aliphatic heterocycles. The van der Waals surface area contributed by atoms with Crippen LogP contribution >= 0.6 is 12.2 Å². The third-order valence-corrected chi connectivity index (χ3v) is 5.89. The summed E-state index contributed by atoms with van der Waals surface area (Å²) in [6, 6.07) is 15.6. The Morgan fingerprint density at radius 3 is 2.77 bits per heavy atom.